The van der Waals surface area contributed by atoms with E-state index in [0.29, 0.717) is 5.39 Å². The number of imidazole rings is 1. The molecule has 228 valence electrons. The van der Waals surface area contributed by atoms with Crippen LogP contribution in [0.5, 0.6) is 5.75 Å². The van der Waals surface area contributed by atoms with Crippen LogP contribution in [0, 0.1) is 0 Å². The Morgan fingerprint density at radius 3 is 2.75 bits per heavy atom. The fourth-order valence-electron chi connectivity index (χ4n) is 4.82. The summed E-state index contributed by atoms with van der Waals surface area (Å²) >= 11 is 0. The van der Waals surface area contributed by atoms with E-state index >= 15 is 0 Å². The minimum absolute atomic E-state index is 0.0372. The molecule has 44 heavy (non-hydrogen) atoms. The number of nitrogen functional groups attached to an aromatic ring is 1. The summed E-state index contributed by atoms with van der Waals surface area (Å²) in [4.78, 5) is 35.3. The second-order valence-corrected chi connectivity index (χ2v) is 11.8. The number of aliphatic hydroxyl groups excluding tert-OH is 1. The lowest BCUT2D eigenvalue weighted by molar-refractivity contribution is -0.143. The molecule has 0 aliphatic carbocycles. The Bertz CT molecular complexity index is 1890. The predicted molar refractivity (Wildman–Crippen MR) is 159 cm³/mol. The monoisotopic (exact) mass is 620 g/mol. The lowest BCUT2D eigenvalue weighted by Gasteiger charge is -2.23. The van der Waals surface area contributed by atoms with Gasteiger partial charge in [0.2, 0.25) is 5.95 Å². The number of aromatic amines is 1. The van der Waals surface area contributed by atoms with Crippen molar-refractivity contribution in [1.82, 2.24) is 24.6 Å². The highest BCUT2D eigenvalue weighted by Gasteiger charge is 2.39. The van der Waals surface area contributed by atoms with Crippen LogP contribution in [0.15, 0.2) is 83.9 Å². The second kappa shape index (κ2) is 12.6. The first-order valence-electron chi connectivity index (χ1n) is 13.7. The molecular formula is C29H29N6O8P. The number of nitrogens with one attached hydrogen (secondary N) is 2. The van der Waals surface area contributed by atoms with E-state index < -0.39 is 44.3 Å². The first-order chi connectivity index (χ1) is 21.3. The number of esters is 1. The third kappa shape index (κ3) is 6.49. The number of carbonyl (C=O) groups is 1. The summed E-state index contributed by atoms with van der Waals surface area (Å²) in [6.45, 7) is -0.807. The van der Waals surface area contributed by atoms with Gasteiger partial charge in [0, 0.05) is 11.8 Å². The lowest BCUT2D eigenvalue weighted by atomic mass is 10.1. The van der Waals surface area contributed by atoms with Gasteiger partial charge in [-0.05, 0) is 17.0 Å². The van der Waals surface area contributed by atoms with E-state index in [4.69, 9.17) is 24.3 Å². The quantitative estimate of drug-likeness (QED) is 0.125. The highest BCUT2D eigenvalue weighted by Crippen LogP contribution is 2.47. The van der Waals surface area contributed by atoms with Gasteiger partial charge in [-0.2, -0.15) is 4.98 Å². The molecule has 0 spiro atoms. The molecule has 2 unspecified atom stereocenters. The van der Waals surface area contributed by atoms with Crippen molar-refractivity contribution in [3.8, 4) is 5.75 Å². The highest BCUT2D eigenvalue weighted by atomic mass is 31.2. The number of nitrogens with zero attached hydrogens (tertiary/aromatic N) is 3. The van der Waals surface area contributed by atoms with Gasteiger partial charge in [-0.3, -0.25) is 23.7 Å². The number of hydrogen-bond acceptors (Lipinski definition) is 11. The van der Waals surface area contributed by atoms with Crippen molar-refractivity contribution in [3.63, 3.8) is 0 Å². The average Bonchev–Trinajstić information content (AvgIpc) is 3.62. The molecule has 1 aliphatic heterocycles. The summed E-state index contributed by atoms with van der Waals surface area (Å²) in [5.41, 5.74) is 6.23. The van der Waals surface area contributed by atoms with E-state index in [-0.39, 0.29) is 42.5 Å². The molecule has 0 saturated carbocycles. The summed E-state index contributed by atoms with van der Waals surface area (Å²) in [5.74, 6) is -0.506. The van der Waals surface area contributed by atoms with Crippen LogP contribution in [0.2, 0.25) is 0 Å². The van der Waals surface area contributed by atoms with Crippen molar-refractivity contribution in [2.24, 2.45) is 0 Å². The normalized spacial score (nSPS) is 19.6. The van der Waals surface area contributed by atoms with Gasteiger partial charge in [-0.1, -0.05) is 66.7 Å². The SMILES string of the molecule is Nc1nc2c(ncn2[C@H]2C[C@@H](O)C(COP(=O)(NCC(=O)OCc3ccccc3)Oc3cccc4ccccc34)O2)c(=O)[nH]1. The molecular weight excluding hydrogens is 591 g/mol. The fourth-order valence-corrected chi connectivity index (χ4v) is 6.11. The largest absolute Gasteiger partial charge is 0.460 e. The van der Waals surface area contributed by atoms with Crippen LogP contribution in [0.3, 0.4) is 0 Å². The Morgan fingerprint density at radius 1 is 1.14 bits per heavy atom. The first kappa shape index (κ1) is 29.5. The van der Waals surface area contributed by atoms with E-state index in [1.54, 1.807) is 18.2 Å². The molecule has 4 atom stereocenters. The zero-order chi connectivity index (χ0) is 30.7. The molecule has 1 fully saturated rings. The van der Waals surface area contributed by atoms with Gasteiger partial charge < -0.3 is 24.8 Å². The summed E-state index contributed by atoms with van der Waals surface area (Å²) in [6, 6.07) is 21.7. The standard InChI is InChI=1S/C29H29N6O8P/c30-29-33-27-26(28(38)34-29)31-17-35(27)24-13-21(36)23(42-24)16-41-44(39,32-14-25(37)40-15-18-7-2-1-3-8-18)43-22-12-6-10-19-9-4-5-11-20(19)22/h1-12,17,21,23-24,36H,13-16H2,(H,32,39)(H3,30,33,34,38)/t21-,23?,24-,44?/m1/s1. The first-order valence-corrected chi connectivity index (χ1v) is 15.2. The predicted octanol–water partition coefficient (Wildman–Crippen LogP) is 3.04. The minimum Gasteiger partial charge on any atom is -0.460 e. The van der Waals surface area contributed by atoms with Gasteiger partial charge in [-0.15, -0.1) is 0 Å². The molecule has 1 aliphatic rings. The molecule has 0 amide bonds. The molecule has 0 bridgehead atoms. The van der Waals surface area contributed by atoms with Crippen LogP contribution in [0.4, 0.5) is 5.95 Å². The maximum absolute atomic E-state index is 14.1. The Morgan fingerprint density at radius 2 is 1.91 bits per heavy atom. The Labute approximate surface area is 250 Å². The van der Waals surface area contributed by atoms with Crippen LogP contribution in [0.1, 0.15) is 18.2 Å². The molecule has 15 heteroatoms. The summed E-state index contributed by atoms with van der Waals surface area (Å²) in [5, 5.41) is 14.9. The number of aliphatic hydroxyl groups is 1. The molecule has 3 aromatic carbocycles. The zero-order valence-electron chi connectivity index (χ0n) is 23.2. The van der Waals surface area contributed by atoms with Crippen molar-refractivity contribution >= 4 is 41.6 Å². The molecule has 14 nitrogen and oxygen atoms in total. The van der Waals surface area contributed by atoms with Crippen molar-refractivity contribution in [1.29, 1.82) is 0 Å². The third-order valence-corrected chi connectivity index (χ3v) is 8.47. The van der Waals surface area contributed by atoms with E-state index in [1.807, 2.05) is 54.6 Å². The Hall–Kier alpha value is -4.59. The molecule has 5 N–H and O–H groups in total. The van der Waals surface area contributed by atoms with Gasteiger partial charge in [0.25, 0.3) is 5.56 Å². The van der Waals surface area contributed by atoms with Crippen LogP contribution in [0.25, 0.3) is 21.9 Å². The zero-order valence-corrected chi connectivity index (χ0v) is 24.1. The maximum atomic E-state index is 14.1. The van der Waals surface area contributed by atoms with Crippen LogP contribution >= 0.6 is 7.75 Å². The third-order valence-electron chi connectivity index (χ3n) is 7.00. The van der Waals surface area contributed by atoms with Gasteiger partial charge in [0.1, 0.15) is 31.2 Å². The molecule has 5 aromatic rings. The highest BCUT2D eigenvalue weighted by molar-refractivity contribution is 7.52. The number of benzene rings is 3. The number of carbonyl (C=O) groups excluding carboxylic acids is 1. The molecule has 1 saturated heterocycles. The summed E-state index contributed by atoms with van der Waals surface area (Å²) < 4.78 is 38.5. The lowest BCUT2D eigenvalue weighted by Crippen LogP contribution is -2.30. The van der Waals surface area contributed by atoms with E-state index in [2.05, 4.69) is 20.0 Å². The van der Waals surface area contributed by atoms with Crippen molar-refractivity contribution in [2.45, 2.75) is 31.5 Å². The van der Waals surface area contributed by atoms with Crippen molar-refractivity contribution in [3.05, 3.63) is 95.0 Å². The van der Waals surface area contributed by atoms with Gasteiger partial charge in [0.15, 0.2) is 11.2 Å². The molecule has 6 rings (SSSR count). The van der Waals surface area contributed by atoms with E-state index in [0.717, 1.165) is 10.9 Å². The Balaban J connectivity index is 1.17. The average molecular weight is 621 g/mol. The number of H-pyrrole nitrogens is 1. The summed E-state index contributed by atoms with van der Waals surface area (Å²) in [7, 11) is -4.24. The Kier molecular flexibility index (Phi) is 8.42. The van der Waals surface area contributed by atoms with E-state index in [9.17, 15) is 19.3 Å². The van der Waals surface area contributed by atoms with Gasteiger partial charge in [-0.25, -0.2) is 14.6 Å². The minimum atomic E-state index is -4.24. The molecule has 3 heterocycles. The van der Waals surface area contributed by atoms with Gasteiger partial charge >= 0.3 is 13.7 Å². The molecule has 2 aromatic heterocycles. The fraction of sp³-hybridized carbons (Fsp3) is 0.241. The number of anilines is 1. The van der Waals surface area contributed by atoms with E-state index in [1.165, 1.54) is 10.9 Å². The van der Waals surface area contributed by atoms with Crippen LogP contribution in [-0.4, -0.2) is 56.0 Å². The topological polar surface area (TPSA) is 193 Å². The number of aromatic nitrogens is 4. The number of nitrogens with two attached hydrogens (primary N) is 1. The van der Waals surface area contributed by atoms with Crippen LogP contribution in [-0.2, 0) is 30.0 Å². The van der Waals surface area contributed by atoms with Crippen molar-refractivity contribution < 1.29 is 33.0 Å². The maximum Gasteiger partial charge on any atom is 0.459 e. The van der Waals surface area contributed by atoms with Crippen molar-refractivity contribution in [2.75, 3.05) is 18.9 Å². The number of hydrogen-bond donors (Lipinski definition) is 4. The smallest absolute Gasteiger partial charge is 0.459 e. The van der Waals surface area contributed by atoms with Gasteiger partial charge in [0.05, 0.1) is 19.0 Å². The second-order valence-electron chi connectivity index (χ2n) is 10.1. The van der Waals surface area contributed by atoms with Crippen LogP contribution < -0.4 is 20.9 Å². The molecule has 0 radical (unpaired) electrons. The summed E-state index contributed by atoms with van der Waals surface area (Å²) in [6.07, 6.45) is -1.30. The number of fused-ring (bicyclic) bond motifs is 2. The number of ether oxygens (including phenoxy) is 2. The number of rotatable bonds is 11.